The molecule has 0 saturated heterocycles. The largest absolute Gasteiger partial charge is 0.497 e. The Morgan fingerprint density at radius 1 is 1.08 bits per heavy atom. The zero-order valence-corrected chi connectivity index (χ0v) is 15.7. The molecule has 1 N–H and O–H groups in total. The van der Waals surface area contributed by atoms with Crippen molar-refractivity contribution in [3.05, 3.63) is 59.7 Å². The predicted octanol–water partition coefficient (Wildman–Crippen LogP) is 3.53. The molecule has 5 heteroatoms. The molecule has 0 saturated carbocycles. The lowest BCUT2D eigenvalue weighted by Crippen LogP contribution is -2.27. The minimum atomic E-state index is -0.0485. The lowest BCUT2D eigenvalue weighted by molar-refractivity contribution is -0.120. The molecule has 5 nitrogen and oxygen atoms in total. The second-order valence-electron chi connectivity index (χ2n) is 5.98. The first-order valence-corrected chi connectivity index (χ1v) is 8.78. The molecule has 0 aliphatic carbocycles. The van der Waals surface area contributed by atoms with E-state index in [1.165, 1.54) is 0 Å². The van der Waals surface area contributed by atoms with Gasteiger partial charge in [0.1, 0.15) is 11.5 Å². The summed E-state index contributed by atoms with van der Waals surface area (Å²) in [6.45, 7) is 3.20. The van der Waals surface area contributed by atoms with Crippen molar-refractivity contribution < 1.29 is 19.0 Å². The lowest BCUT2D eigenvalue weighted by Gasteiger charge is -2.14. The van der Waals surface area contributed by atoms with Crippen LogP contribution in [0.25, 0.3) is 0 Å². The first kappa shape index (κ1) is 19.8. The molecule has 0 aromatic heterocycles. The Morgan fingerprint density at radius 3 is 2.54 bits per heavy atom. The van der Waals surface area contributed by atoms with Crippen molar-refractivity contribution in [2.45, 2.75) is 25.9 Å². The van der Waals surface area contributed by atoms with Crippen molar-refractivity contribution in [3.8, 4) is 11.5 Å². The number of hydrogen-bond donors (Lipinski definition) is 1. The Kier molecular flexibility index (Phi) is 7.96. The molecule has 2 aromatic rings. The number of nitrogens with one attached hydrogen (secondary N) is 1. The lowest BCUT2D eigenvalue weighted by atomic mass is 10.1. The molecule has 0 radical (unpaired) electrons. The van der Waals surface area contributed by atoms with Crippen LogP contribution in [-0.2, 0) is 16.0 Å². The molecule has 1 unspecified atom stereocenters. The second kappa shape index (κ2) is 10.5. The van der Waals surface area contributed by atoms with E-state index in [0.29, 0.717) is 24.7 Å². The van der Waals surface area contributed by atoms with Gasteiger partial charge in [0.05, 0.1) is 26.7 Å². The SMILES string of the molecule is COc1ccc(OC)c(CC(=O)NCCCOC(C)c2ccccc2)c1. The molecular weight excluding hydrogens is 330 g/mol. The third-order valence-corrected chi connectivity index (χ3v) is 4.12. The first-order chi connectivity index (χ1) is 12.6. The van der Waals surface area contributed by atoms with Crippen LogP contribution in [0.15, 0.2) is 48.5 Å². The van der Waals surface area contributed by atoms with Crippen molar-refractivity contribution in [2.24, 2.45) is 0 Å². The van der Waals surface area contributed by atoms with Crippen molar-refractivity contribution in [1.29, 1.82) is 0 Å². The van der Waals surface area contributed by atoms with Gasteiger partial charge in [0.25, 0.3) is 0 Å². The molecule has 0 heterocycles. The number of ether oxygens (including phenoxy) is 3. The average molecular weight is 357 g/mol. The number of benzene rings is 2. The van der Waals surface area contributed by atoms with Crippen LogP contribution < -0.4 is 14.8 Å². The minimum Gasteiger partial charge on any atom is -0.497 e. The van der Waals surface area contributed by atoms with Gasteiger partial charge in [0.15, 0.2) is 0 Å². The molecule has 0 aliphatic heterocycles. The summed E-state index contributed by atoms with van der Waals surface area (Å²) in [5.41, 5.74) is 1.96. The molecular formula is C21H27NO4. The van der Waals surface area contributed by atoms with Crippen LogP contribution >= 0.6 is 0 Å². The van der Waals surface area contributed by atoms with Gasteiger partial charge < -0.3 is 19.5 Å². The zero-order valence-electron chi connectivity index (χ0n) is 15.7. The number of amides is 1. The summed E-state index contributed by atoms with van der Waals surface area (Å²) >= 11 is 0. The van der Waals surface area contributed by atoms with E-state index in [-0.39, 0.29) is 18.4 Å². The molecule has 1 amide bonds. The van der Waals surface area contributed by atoms with Crippen molar-refractivity contribution in [3.63, 3.8) is 0 Å². The van der Waals surface area contributed by atoms with E-state index < -0.39 is 0 Å². The molecule has 0 bridgehead atoms. The van der Waals surface area contributed by atoms with E-state index in [4.69, 9.17) is 14.2 Å². The highest BCUT2D eigenvalue weighted by Gasteiger charge is 2.10. The smallest absolute Gasteiger partial charge is 0.224 e. The van der Waals surface area contributed by atoms with E-state index in [1.54, 1.807) is 20.3 Å². The van der Waals surface area contributed by atoms with Gasteiger partial charge in [0.2, 0.25) is 5.91 Å². The van der Waals surface area contributed by atoms with Crippen molar-refractivity contribution in [1.82, 2.24) is 5.32 Å². The molecule has 1 atom stereocenters. The maximum atomic E-state index is 12.2. The second-order valence-corrected chi connectivity index (χ2v) is 5.98. The summed E-state index contributed by atoms with van der Waals surface area (Å²) < 4.78 is 16.3. The Morgan fingerprint density at radius 2 is 1.85 bits per heavy atom. The monoisotopic (exact) mass is 357 g/mol. The Labute approximate surface area is 155 Å². The topological polar surface area (TPSA) is 56.8 Å². The maximum absolute atomic E-state index is 12.2. The summed E-state index contributed by atoms with van der Waals surface area (Å²) in [4.78, 5) is 12.2. The zero-order chi connectivity index (χ0) is 18.8. The highest BCUT2D eigenvalue weighted by Crippen LogP contribution is 2.24. The summed E-state index contributed by atoms with van der Waals surface area (Å²) in [5.74, 6) is 1.34. The standard InChI is InChI=1S/C21H27NO4/c1-16(17-8-5-4-6-9-17)26-13-7-12-22-21(23)15-18-14-19(24-2)10-11-20(18)25-3/h4-6,8-11,14,16H,7,12-13,15H2,1-3H3,(H,22,23). The third kappa shape index (κ3) is 6.08. The maximum Gasteiger partial charge on any atom is 0.224 e. The van der Waals surface area contributed by atoms with Crippen LogP contribution in [-0.4, -0.2) is 33.3 Å². The van der Waals surface area contributed by atoms with Gasteiger partial charge in [-0.05, 0) is 37.1 Å². The minimum absolute atomic E-state index is 0.0485. The van der Waals surface area contributed by atoms with Crippen molar-refractivity contribution >= 4 is 5.91 Å². The van der Waals surface area contributed by atoms with Gasteiger partial charge in [-0.25, -0.2) is 0 Å². The molecule has 0 spiro atoms. The van der Waals surface area contributed by atoms with Gasteiger partial charge in [-0.1, -0.05) is 30.3 Å². The summed E-state index contributed by atoms with van der Waals surface area (Å²) in [6.07, 6.45) is 1.06. The highest BCUT2D eigenvalue weighted by molar-refractivity contribution is 5.79. The fourth-order valence-corrected chi connectivity index (χ4v) is 2.64. The van der Waals surface area contributed by atoms with E-state index in [2.05, 4.69) is 5.32 Å². The van der Waals surface area contributed by atoms with E-state index in [9.17, 15) is 4.79 Å². The number of methoxy groups -OCH3 is 2. The molecule has 0 fully saturated rings. The molecule has 2 aromatic carbocycles. The fraction of sp³-hybridized carbons (Fsp3) is 0.381. The van der Waals surface area contributed by atoms with E-state index in [1.807, 2.05) is 49.4 Å². The van der Waals surface area contributed by atoms with Gasteiger partial charge in [-0.2, -0.15) is 0 Å². The number of rotatable bonds is 10. The predicted molar refractivity (Wildman–Crippen MR) is 102 cm³/mol. The number of carbonyl (C=O) groups is 1. The molecule has 2 rings (SSSR count). The van der Waals surface area contributed by atoms with Gasteiger partial charge >= 0.3 is 0 Å². The van der Waals surface area contributed by atoms with Crippen molar-refractivity contribution in [2.75, 3.05) is 27.4 Å². The summed E-state index contributed by atoms with van der Waals surface area (Å²) in [7, 11) is 3.19. The van der Waals surface area contributed by atoms with Crippen LogP contribution in [0.3, 0.4) is 0 Å². The number of hydrogen-bond acceptors (Lipinski definition) is 4. The van der Waals surface area contributed by atoms with Crippen LogP contribution in [0.4, 0.5) is 0 Å². The van der Waals surface area contributed by atoms with Crippen LogP contribution in [0.5, 0.6) is 11.5 Å². The normalized spacial score (nSPS) is 11.7. The first-order valence-electron chi connectivity index (χ1n) is 8.78. The molecule has 26 heavy (non-hydrogen) atoms. The third-order valence-electron chi connectivity index (χ3n) is 4.12. The van der Waals surface area contributed by atoms with Crippen LogP contribution in [0.2, 0.25) is 0 Å². The quantitative estimate of drug-likeness (QED) is 0.661. The molecule has 0 aliphatic rings. The summed E-state index contributed by atoms with van der Waals surface area (Å²) in [6, 6.07) is 15.5. The van der Waals surface area contributed by atoms with Crippen LogP contribution in [0.1, 0.15) is 30.6 Å². The fourth-order valence-electron chi connectivity index (χ4n) is 2.64. The van der Waals surface area contributed by atoms with Gasteiger partial charge in [-0.3, -0.25) is 4.79 Å². The molecule has 140 valence electrons. The van der Waals surface area contributed by atoms with E-state index in [0.717, 1.165) is 17.5 Å². The van der Waals surface area contributed by atoms with Crippen LogP contribution in [0, 0.1) is 0 Å². The Balaban J connectivity index is 1.71. The highest BCUT2D eigenvalue weighted by atomic mass is 16.5. The Bertz CT molecular complexity index is 688. The van der Waals surface area contributed by atoms with E-state index >= 15 is 0 Å². The average Bonchev–Trinajstić information content (AvgIpc) is 2.68. The van der Waals surface area contributed by atoms with Gasteiger partial charge in [-0.15, -0.1) is 0 Å². The summed E-state index contributed by atoms with van der Waals surface area (Å²) in [5, 5.41) is 2.92. The van der Waals surface area contributed by atoms with Gasteiger partial charge in [0, 0.05) is 18.7 Å². The Hall–Kier alpha value is -2.53. The number of carbonyl (C=O) groups excluding carboxylic acids is 1.